The fraction of sp³-hybridized carbons (Fsp3) is 0.474. The van der Waals surface area contributed by atoms with Crippen LogP contribution in [0.1, 0.15) is 49.2 Å². The highest BCUT2D eigenvalue weighted by molar-refractivity contribution is 5.84. The van der Waals surface area contributed by atoms with E-state index < -0.39 is 0 Å². The standard InChI is InChI=1S/C19H25N3O2/c1-4-14-5-7-15(8-6-14)13(2)19(23)22-12-16(24-3)11-17(22)18-20-9-10-21-18/h5-10,13,16-17H,4,11-12H2,1-3H3,(H,20,21)/t13?,16-,17+/m1/s1. The predicted octanol–water partition coefficient (Wildman–Crippen LogP) is 3.06. The number of carbonyl (C=O) groups excluding carboxylic acids is 1. The molecule has 128 valence electrons. The van der Waals surface area contributed by atoms with Gasteiger partial charge in [0.25, 0.3) is 0 Å². The van der Waals surface area contributed by atoms with Gasteiger partial charge in [0, 0.05) is 32.5 Å². The predicted molar refractivity (Wildman–Crippen MR) is 92.7 cm³/mol. The summed E-state index contributed by atoms with van der Waals surface area (Å²) in [6, 6.07) is 8.28. The highest BCUT2D eigenvalue weighted by atomic mass is 16.5. The summed E-state index contributed by atoms with van der Waals surface area (Å²) in [5.74, 6) is 0.778. The molecule has 3 atom stereocenters. The summed E-state index contributed by atoms with van der Waals surface area (Å²) in [7, 11) is 1.70. The van der Waals surface area contributed by atoms with Crippen molar-refractivity contribution < 1.29 is 9.53 Å². The van der Waals surface area contributed by atoms with Crippen molar-refractivity contribution in [2.24, 2.45) is 0 Å². The first-order valence-corrected chi connectivity index (χ1v) is 8.55. The van der Waals surface area contributed by atoms with Crippen LogP contribution < -0.4 is 0 Å². The number of aryl methyl sites for hydroxylation is 1. The van der Waals surface area contributed by atoms with Gasteiger partial charge in [0.2, 0.25) is 5.91 Å². The lowest BCUT2D eigenvalue weighted by Gasteiger charge is -2.26. The van der Waals surface area contributed by atoms with Crippen LogP contribution in [0.2, 0.25) is 0 Å². The quantitative estimate of drug-likeness (QED) is 0.918. The molecule has 0 aliphatic carbocycles. The molecule has 0 saturated carbocycles. The van der Waals surface area contributed by atoms with Gasteiger partial charge in [-0.3, -0.25) is 4.79 Å². The lowest BCUT2D eigenvalue weighted by molar-refractivity contribution is -0.133. The molecule has 2 heterocycles. The van der Waals surface area contributed by atoms with E-state index in [1.165, 1.54) is 5.56 Å². The molecule has 1 N–H and O–H groups in total. The Labute approximate surface area is 143 Å². The van der Waals surface area contributed by atoms with Crippen molar-refractivity contribution in [3.63, 3.8) is 0 Å². The molecule has 1 aromatic carbocycles. The van der Waals surface area contributed by atoms with Crippen LogP contribution in [-0.4, -0.2) is 40.5 Å². The number of hydrogen-bond acceptors (Lipinski definition) is 3. The number of ether oxygens (including phenoxy) is 1. The Kier molecular flexibility index (Phi) is 5.00. The number of nitrogens with zero attached hydrogens (tertiary/aromatic N) is 2. The van der Waals surface area contributed by atoms with Gasteiger partial charge in [-0.25, -0.2) is 4.98 Å². The number of benzene rings is 1. The molecule has 0 spiro atoms. The molecule has 1 fully saturated rings. The molecule has 1 amide bonds. The van der Waals surface area contributed by atoms with Gasteiger partial charge in [0.05, 0.1) is 18.1 Å². The van der Waals surface area contributed by atoms with Gasteiger partial charge in [-0.2, -0.15) is 0 Å². The van der Waals surface area contributed by atoms with E-state index in [2.05, 4.69) is 41.2 Å². The third-order valence-electron chi connectivity index (χ3n) is 4.97. The molecular weight excluding hydrogens is 302 g/mol. The van der Waals surface area contributed by atoms with Gasteiger partial charge < -0.3 is 14.6 Å². The number of carbonyl (C=O) groups is 1. The lowest BCUT2D eigenvalue weighted by atomic mass is 9.97. The molecule has 1 saturated heterocycles. The Hall–Kier alpha value is -2.14. The van der Waals surface area contributed by atoms with Crippen molar-refractivity contribution in [1.82, 2.24) is 14.9 Å². The molecule has 0 bridgehead atoms. The molecule has 1 aliphatic heterocycles. The average Bonchev–Trinajstić information content (AvgIpc) is 3.29. The van der Waals surface area contributed by atoms with Gasteiger partial charge in [0.15, 0.2) is 0 Å². The maximum absolute atomic E-state index is 13.1. The summed E-state index contributed by atoms with van der Waals surface area (Å²) >= 11 is 0. The van der Waals surface area contributed by atoms with E-state index in [1.807, 2.05) is 11.8 Å². The van der Waals surface area contributed by atoms with Gasteiger partial charge in [-0.1, -0.05) is 31.2 Å². The molecule has 0 radical (unpaired) electrons. The van der Waals surface area contributed by atoms with Crippen LogP contribution in [0.3, 0.4) is 0 Å². The van der Waals surface area contributed by atoms with Crippen molar-refractivity contribution >= 4 is 5.91 Å². The van der Waals surface area contributed by atoms with Crippen LogP contribution in [0.4, 0.5) is 0 Å². The summed E-state index contributed by atoms with van der Waals surface area (Å²) < 4.78 is 5.50. The number of H-pyrrole nitrogens is 1. The minimum absolute atomic E-state index is 0.0465. The molecule has 1 unspecified atom stereocenters. The van der Waals surface area contributed by atoms with Crippen LogP contribution in [0.25, 0.3) is 0 Å². The summed E-state index contributed by atoms with van der Waals surface area (Å²) in [5.41, 5.74) is 2.34. The fourth-order valence-corrected chi connectivity index (χ4v) is 3.36. The van der Waals surface area contributed by atoms with E-state index in [1.54, 1.807) is 19.5 Å². The number of nitrogens with one attached hydrogen (secondary N) is 1. The van der Waals surface area contributed by atoms with Crippen molar-refractivity contribution in [2.45, 2.75) is 44.8 Å². The third-order valence-corrected chi connectivity index (χ3v) is 4.97. The summed E-state index contributed by atoms with van der Waals surface area (Å²) in [5, 5.41) is 0. The summed E-state index contributed by atoms with van der Waals surface area (Å²) in [6.45, 7) is 4.72. The van der Waals surface area contributed by atoms with Gasteiger partial charge in [-0.05, 0) is 24.5 Å². The number of aromatic amines is 1. The average molecular weight is 327 g/mol. The Balaban J connectivity index is 1.80. The minimum atomic E-state index is -0.177. The number of amides is 1. The first-order valence-electron chi connectivity index (χ1n) is 8.55. The fourth-order valence-electron chi connectivity index (χ4n) is 3.36. The van der Waals surface area contributed by atoms with Crippen LogP contribution in [0, 0.1) is 0 Å². The van der Waals surface area contributed by atoms with E-state index >= 15 is 0 Å². The second kappa shape index (κ2) is 7.18. The van der Waals surface area contributed by atoms with Gasteiger partial charge >= 0.3 is 0 Å². The molecule has 1 aliphatic rings. The monoisotopic (exact) mass is 327 g/mol. The van der Waals surface area contributed by atoms with E-state index in [9.17, 15) is 4.79 Å². The maximum Gasteiger partial charge on any atom is 0.230 e. The topological polar surface area (TPSA) is 58.2 Å². The molecular formula is C19H25N3O2. The Morgan fingerprint density at radius 1 is 1.42 bits per heavy atom. The lowest BCUT2D eigenvalue weighted by Crippen LogP contribution is -2.35. The molecule has 2 aromatic rings. The Bertz CT molecular complexity index is 666. The zero-order valence-corrected chi connectivity index (χ0v) is 14.5. The zero-order chi connectivity index (χ0) is 17.1. The minimum Gasteiger partial charge on any atom is -0.380 e. The third kappa shape index (κ3) is 3.22. The van der Waals surface area contributed by atoms with Crippen LogP contribution in [0.5, 0.6) is 0 Å². The second-order valence-electron chi connectivity index (χ2n) is 6.39. The molecule has 3 rings (SSSR count). The van der Waals surface area contributed by atoms with Gasteiger partial charge in [-0.15, -0.1) is 0 Å². The number of imidazole rings is 1. The van der Waals surface area contributed by atoms with Gasteiger partial charge in [0.1, 0.15) is 5.82 Å². The molecule has 5 heteroatoms. The number of methoxy groups -OCH3 is 1. The summed E-state index contributed by atoms with van der Waals surface area (Å²) in [6.07, 6.45) is 5.36. The maximum atomic E-state index is 13.1. The van der Waals surface area contributed by atoms with Crippen LogP contribution in [-0.2, 0) is 16.0 Å². The van der Waals surface area contributed by atoms with Crippen molar-refractivity contribution in [3.8, 4) is 0 Å². The van der Waals surface area contributed by atoms with Crippen LogP contribution in [0.15, 0.2) is 36.7 Å². The van der Waals surface area contributed by atoms with Crippen molar-refractivity contribution in [1.29, 1.82) is 0 Å². The van der Waals surface area contributed by atoms with Crippen LogP contribution >= 0.6 is 0 Å². The second-order valence-corrected chi connectivity index (χ2v) is 6.39. The van der Waals surface area contributed by atoms with E-state index in [4.69, 9.17) is 4.74 Å². The Morgan fingerprint density at radius 3 is 2.75 bits per heavy atom. The highest BCUT2D eigenvalue weighted by Gasteiger charge is 2.39. The summed E-state index contributed by atoms with van der Waals surface area (Å²) in [4.78, 5) is 22.5. The zero-order valence-electron chi connectivity index (χ0n) is 14.5. The number of hydrogen-bond donors (Lipinski definition) is 1. The molecule has 1 aromatic heterocycles. The number of aromatic nitrogens is 2. The normalized spacial score (nSPS) is 21.9. The van der Waals surface area contributed by atoms with E-state index in [0.29, 0.717) is 6.54 Å². The first-order chi connectivity index (χ1) is 11.6. The van der Waals surface area contributed by atoms with Crippen molar-refractivity contribution in [2.75, 3.05) is 13.7 Å². The highest BCUT2D eigenvalue weighted by Crippen LogP contribution is 2.34. The number of likely N-dealkylation sites (tertiary alicyclic amines) is 1. The SMILES string of the molecule is CCc1ccc(C(C)C(=O)N2C[C@H](OC)C[C@H]2c2ncc[nH]2)cc1. The largest absolute Gasteiger partial charge is 0.380 e. The van der Waals surface area contributed by atoms with E-state index in [-0.39, 0.29) is 24.0 Å². The molecule has 24 heavy (non-hydrogen) atoms. The van der Waals surface area contributed by atoms with E-state index in [0.717, 1.165) is 24.2 Å². The Morgan fingerprint density at radius 2 is 2.17 bits per heavy atom. The van der Waals surface area contributed by atoms with Crippen molar-refractivity contribution in [3.05, 3.63) is 53.6 Å². The smallest absolute Gasteiger partial charge is 0.230 e. The first kappa shape index (κ1) is 16.7. The molecule has 5 nitrogen and oxygen atoms in total. The number of rotatable bonds is 5.